The summed E-state index contributed by atoms with van der Waals surface area (Å²) in [5, 5.41) is 6.34. The third kappa shape index (κ3) is 2.35. The van der Waals surface area contributed by atoms with E-state index in [0.29, 0.717) is 0 Å². The summed E-state index contributed by atoms with van der Waals surface area (Å²) in [7, 11) is 0. The Kier molecular flexibility index (Phi) is 3.58. The van der Waals surface area contributed by atoms with Gasteiger partial charge in [-0.15, -0.1) is 0 Å². The smallest absolute Gasteiger partial charge is 0.0635 e. The maximum absolute atomic E-state index is 2.45. The van der Waals surface area contributed by atoms with Gasteiger partial charge in [0.1, 0.15) is 0 Å². The third-order valence-corrected chi connectivity index (χ3v) is 6.54. The molecule has 5 aromatic carbocycles. The number of nitrogens with zero attached hydrogens (tertiary/aromatic N) is 2. The molecule has 0 N–H and O–H groups in total. The zero-order valence-electron chi connectivity index (χ0n) is 17.4. The highest BCUT2D eigenvalue weighted by Crippen LogP contribution is 2.38. The molecule has 150 valence electrons. The van der Waals surface area contributed by atoms with Gasteiger partial charge in [-0.1, -0.05) is 78.9 Å². The quantitative estimate of drug-likeness (QED) is 0.275. The van der Waals surface area contributed by atoms with Crippen molar-refractivity contribution in [2.24, 2.45) is 0 Å². The second-order valence-electron chi connectivity index (χ2n) is 8.27. The molecule has 2 aromatic heterocycles. The van der Waals surface area contributed by atoms with E-state index in [1.54, 1.807) is 0 Å². The Morgan fingerprint density at radius 3 is 2.09 bits per heavy atom. The Balaban J connectivity index is 1.67. The van der Waals surface area contributed by atoms with Gasteiger partial charge < -0.3 is 9.13 Å². The Morgan fingerprint density at radius 1 is 0.438 bits per heavy atom. The average molecular weight is 409 g/mol. The number of para-hydroxylation sites is 2. The molecular weight excluding hydrogens is 388 g/mol. The second-order valence-corrected chi connectivity index (χ2v) is 8.27. The first-order chi connectivity index (χ1) is 15.9. The average Bonchev–Trinajstić information content (AvgIpc) is 3.44. The van der Waals surface area contributed by atoms with Crippen molar-refractivity contribution in [2.75, 3.05) is 0 Å². The fraction of sp³-hybridized carbons (Fsp3) is 0. The summed E-state index contributed by atoms with van der Waals surface area (Å²) in [5.74, 6) is 0. The van der Waals surface area contributed by atoms with Gasteiger partial charge in [0, 0.05) is 33.4 Å². The zero-order valence-corrected chi connectivity index (χ0v) is 17.4. The third-order valence-electron chi connectivity index (χ3n) is 6.54. The van der Waals surface area contributed by atoms with Crippen LogP contribution in [0.25, 0.3) is 54.9 Å². The Hall–Kier alpha value is -4.30. The van der Waals surface area contributed by atoms with Crippen LogP contribution in [0.2, 0.25) is 0 Å². The van der Waals surface area contributed by atoms with Crippen molar-refractivity contribution in [3.8, 4) is 11.4 Å². The van der Waals surface area contributed by atoms with E-state index in [1.807, 2.05) is 0 Å². The summed E-state index contributed by atoms with van der Waals surface area (Å²) < 4.78 is 4.73. The molecule has 2 nitrogen and oxygen atoms in total. The van der Waals surface area contributed by atoms with Crippen LogP contribution in [0.1, 0.15) is 0 Å². The van der Waals surface area contributed by atoms with Gasteiger partial charge in [0.05, 0.1) is 22.2 Å². The maximum Gasteiger partial charge on any atom is 0.0635 e. The van der Waals surface area contributed by atoms with E-state index >= 15 is 0 Å². The van der Waals surface area contributed by atoms with Gasteiger partial charge in [-0.25, -0.2) is 0 Å². The molecule has 7 rings (SSSR count). The van der Waals surface area contributed by atoms with Crippen LogP contribution < -0.4 is 0 Å². The Morgan fingerprint density at radius 2 is 1.19 bits per heavy atom. The number of fused-ring (bicyclic) bond motifs is 6. The van der Waals surface area contributed by atoms with Crippen LogP contribution >= 0.6 is 0 Å². The SMILES string of the molecule is c1ccc(-n2ccc3c2ccc2c4ccccc4n(-c4cccc5ccccc45)c23)cc1. The molecule has 0 amide bonds. The van der Waals surface area contributed by atoms with E-state index in [2.05, 4.69) is 131 Å². The molecule has 7 aromatic rings. The molecule has 0 atom stereocenters. The van der Waals surface area contributed by atoms with Crippen LogP contribution in [-0.2, 0) is 0 Å². The summed E-state index contributed by atoms with van der Waals surface area (Å²) >= 11 is 0. The minimum absolute atomic E-state index is 1.18. The van der Waals surface area contributed by atoms with Crippen LogP contribution in [0.3, 0.4) is 0 Å². The largest absolute Gasteiger partial charge is 0.316 e. The number of aromatic nitrogens is 2. The van der Waals surface area contributed by atoms with E-state index in [0.717, 1.165) is 0 Å². The highest BCUT2D eigenvalue weighted by atomic mass is 15.0. The normalized spacial score (nSPS) is 11.8. The van der Waals surface area contributed by atoms with Gasteiger partial charge in [-0.2, -0.15) is 0 Å². The molecular formula is C30H20N2. The van der Waals surface area contributed by atoms with Crippen LogP contribution in [0.4, 0.5) is 0 Å². The molecule has 0 spiro atoms. The van der Waals surface area contributed by atoms with E-state index in [4.69, 9.17) is 0 Å². The zero-order chi connectivity index (χ0) is 21.1. The topological polar surface area (TPSA) is 9.86 Å². The molecule has 0 unspecified atom stereocenters. The summed E-state index contributed by atoms with van der Waals surface area (Å²) in [5.41, 5.74) is 6.10. The van der Waals surface area contributed by atoms with Gasteiger partial charge in [0.15, 0.2) is 0 Å². The number of rotatable bonds is 2. The lowest BCUT2D eigenvalue weighted by Crippen LogP contribution is -1.96. The second kappa shape index (κ2) is 6.60. The van der Waals surface area contributed by atoms with Crippen molar-refractivity contribution >= 4 is 43.5 Å². The summed E-state index contributed by atoms with van der Waals surface area (Å²) in [6.45, 7) is 0. The molecule has 0 aliphatic rings. The number of hydrogen-bond donors (Lipinski definition) is 0. The van der Waals surface area contributed by atoms with Gasteiger partial charge in [0.25, 0.3) is 0 Å². The van der Waals surface area contributed by atoms with E-state index < -0.39 is 0 Å². The lowest BCUT2D eigenvalue weighted by Gasteiger charge is -2.12. The summed E-state index contributed by atoms with van der Waals surface area (Å²) in [6, 6.07) is 41.3. The lowest BCUT2D eigenvalue weighted by molar-refractivity contribution is 1.13. The van der Waals surface area contributed by atoms with Crippen LogP contribution in [0, 0.1) is 0 Å². The van der Waals surface area contributed by atoms with Gasteiger partial charge >= 0.3 is 0 Å². The Labute approximate surface area is 185 Å². The van der Waals surface area contributed by atoms with Gasteiger partial charge in [-0.05, 0) is 41.8 Å². The van der Waals surface area contributed by atoms with Crippen LogP contribution in [0.5, 0.6) is 0 Å². The highest BCUT2D eigenvalue weighted by Gasteiger charge is 2.17. The molecule has 0 saturated carbocycles. The fourth-order valence-electron chi connectivity index (χ4n) is 5.14. The summed E-state index contributed by atoms with van der Waals surface area (Å²) in [4.78, 5) is 0. The number of hydrogen-bond acceptors (Lipinski definition) is 0. The van der Waals surface area contributed by atoms with Crippen molar-refractivity contribution in [1.29, 1.82) is 0 Å². The molecule has 0 radical (unpaired) electrons. The monoisotopic (exact) mass is 408 g/mol. The minimum Gasteiger partial charge on any atom is -0.316 e. The van der Waals surface area contributed by atoms with Crippen LogP contribution in [-0.4, -0.2) is 9.13 Å². The molecule has 0 saturated heterocycles. The fourth-order valence-corrected chi connectivity index (χ4v) is 5.14. The van der Waals surface area contributed by atoms with Crippen molar-refractivity contribution < 1.29 is 0 Å². The van der Waals surface area contributed by atoms with Crippen LogP contribution in [0.15, 0.2) is 121 Å². The van der Waals surface area contributed by atoms with Gasteiger partial charge in [0.2, 0.25) is 0 Å². The van der Waals surface area contributed by atoms with Crippen molar-refractivity contribution in [3.63, 3.8) is 0 Å². The predicted octanol–water partition coefficient (Wildman–Crippen LogP) is 7.88. The lowest BCUT2D eigenvalue weighted by atomic mass is 10.1. The Bertz CT molecular complexity index is 1760. The molecule has 0 aliphatic heterocycles. The van der Waals surface area contributed by atoms with Gasteiger partial charge in [-0.3, -0.25) is 0 Å². The molecule has 2 heteroatoms. The molecule has 0 bridgehead atoms. The summed E-state index contributed by atoms with van der Waals surface area (Å²) in [6.07, 6.45) is 2.19. The first-order valence-electron chi connectivity index (χ1n) is 11.0. The van der Waals surface area contributed by atoms with Crippen molar-refractivity contribution in [1.82, 2.24) is 9.13 Å². The molecule has 0 fully saturated rings. The molecule has 2 heterocycles. The molecule has 32 heavy (non-hydrogen) atoms. The number of benzene rings is 5. The minimum atomic E-state index is 1.18. The van der Waals surface area contributed by atoms with E-state index in [-0.39, 0.29) is 0 Å². The first kappa shape index (κ1) is 17.4. The maximum atomic E-state index is 2.45. The van der Waals surface area contributed by atoms with Crippen molar-refractivity contribution in [3.05, 3.63) is 121 Å². The van der Waals surface area contributed by atoms with Crippen molar-refractivity contribution in [2.45, 2.75) is 0 Å². The standard InChI is InChI=1S/C30H20N2/c1-2-11-22(12-3-1)31-20-19-26-27(31)18-17-25-24-14-6-7-15-29(24)32(30(25)26)28-16-8-10-21-9-4-5-13-23(21)28/h1-20H. The molecule has 0 aliphatic carbocycles. The van der Waals surface area contributed by atoms with E-state index in [1.165, 1.54) is 54.9 Å². The predicted molar refractivity (Wildman–Crippen MR) is 135 cm³/mol. The van der Waals surface area contributed by atoms with E-state index in [9.17, 15) is 0 Å². The highest BCUT2D eigenvalue weighted by molar-refractivity contribution is 6.19. The first-order valence-corrected chi connectivity index (χ1v) is 11.0.